The van der Waals surface area contributed by atoms with E-state index in [2.05, 4.69) is 258 Å². The zero-order valence-electron chi connectivity index (χ0n) is 48.9. The van der Waals surface area contributed by atoms with Crippen molar-refractivity contribution in [1.82, 2.24) is 0 Å². The molecule has 0 bridgehead atoms. The van der Waals surface area contributed by atoms with Crippen molar-refractivity contribution in [3.05, 3.63) is 172 Å². The average molecular weight is 1020 g/mol. The van der Waals surface area contributed by atoms with E-state index in [9.17, 15) is 0 Å². The fourth-order valence-corrected chi connectivity index (χ4v) is 17.0. The summed E-state index contributed by atoms with van der Waals surface area (Å²) >= 11 is 0. The third kappa shape index (κ3) is 6.66. The first kappa shape index (κ1) is 49.8. The van der Waals surface area contributed by atoms with Crippen LogP contribution in [0.5, 0.6) is 0 Å². The largest absolute Gasteiger partial charge is 0.335 e. The molecule has 388 valence electrons. The second kappa shape index (κ2) is 15.9. The lowest BCUT2D eigenvalue weighted by molar-refractivity contribution is 0.195. The Labute approximate surface area is 458 Å². The lowest BCUT2D eigenvalue weighted by atomic mass is 9.33. The van der Waals surface area contributed by atoms with E-state index in [-0.39, 0.29) is 44.9 Å². The van der Waals surface area contributed by atoms with Gasteiger partial charge in [-0.3, -0.25) is 0 Å². The van der Waals surface area contributed by atoms with Crippen LogP contribution in [0.15, 0.2) is 133 Å². The Morgan fingerprint density at radius 1 is 0.487 bits per heavy atom. The average Bonchev–Trinajstić information content (AvgIpc) is 3.92. The van der Waals surface area contributed by atoms with E-state index in [0.29, 0.717) is 0 Å². The number of nitrogens with zero attached hydrogens (tertiary/aromatic N) is 3. The van der Waals surface area contributed by atoms with Crippen molar-refractivity contribution in [2.75, 3.05) is 14.7 Å². The summed E-state index contributed by atoms with van der Waals surface area (Å²) in [4.78, 5) is 8.61. The van der Waals surface area contributed by atoms with Gasteiger partial charge in [0.1, 0.15) is 0 Å². The number of aryl methyl sites for hydroxylation is 1. The van der Waals surface area contributed by atoms with Crippen LogP contribution in [0.4, 0.5) is 39.8 Å². The third-order valence-corrected chi connectivity index (χ3v) is 22.9. The van der Waals surface area contributed by atoms with Crippen LogP contribution in [0.1, 0.15) is 161 Å². The number of benzene rings is 7. The first-order valence-corrected chi connectivity index (χ1v) is 32.6. The zero-order chi connectivity index (χ0) is 53.7. The van der Waals surface area contributed by atoms with Crippen molar-refractivity contribution >= 4 is 76.2 Å². The molecule has 1 saturated carbocycles. The third-order valence-electron chi connectivity index (χ3n) is 20.8. The predicted molar refractivity (Wildman–Crippen MR) is 331 cm³/mol. The standard InChI is InChI=1S/C71H82BN3Si/c1-65(2,3)47-29-32-58(52(38-47)45-24-18-17-19-25-45)73-60-40-49(67(7,8)9)28-31-56(60)72-57-44-51(76(14,15)16)43-55-64(57)75(70(12)36-23-22-35-68(55,70)10)62-42-50(41-61(73)63(62)72)74-59-33-30-48(66(4,5)6)39-54(59)69(11)37-34-46-26-20-21-27-53(46)71(69,74)13/h17-21,24-33,38-44H,22-23,34-37H2,1-16H3. The minimum atomic E-state index is -1.80. The fraction of sp³-hybridized carbons (Fsp3) is 0.408. The van der Waals surface area contributed by atoms with E-state index < -0.39 is 8.07 Å². The van der Waals surface area contributed by atoms with Gasteiger partial charge in [-0.2, -0.15) is 0 Å². The highest BCUT2D eigenvalue weighted by Gasteiger charge is 2.64. The quantitative estimate of drug-likeness (QED) is 0.163. The molecule has 4 unspecified atom stereocenters. The lowest BCUT2D eigenvalue weighted by Gasteiger charge is -2.54. The van der Waals surface area contributed by atoms with Gasteiger partial charge in [0, 0.05) is 50.5 Å². The van der Waals surface area contributed by atoms with Crippen LogP contribution in [0, 0.1) is 0 Å². The monoisotopic (exact) mass is 1020 g/mol. The minimum absolute atomic E-state index is 0.0142. The second-order valence-corrected chi connectivity index (χ2v) is 34.4. The Hall–Kier alpha value is -5.78. The van der Waals surface area contributed by atoms with Gasteiger partial charge in [-0.1, -0.05) is 211 Å². The van der Waals surface area contributed by atoms with Gasteiger partial charge in [0.15, 0.2) is 0 Å². The maximum Gasteiger partial charge on any atom is 0.252 e. The summed E-state index contributed by atoms with van der Waals surface area (Å²) in [5.74, 6) is 0. The smallest absolute Gasteiger partial charge is 0.252 e. The molecular formula is C71H82BN3Si. The Bertz CT molecular complexity index is 3580. The molecule has 0 saturated heterocycles. The topological polar surface area (TPSA) is 9.72 Å². The molecule has 0 N–H and O–H groups in total. The molecule has 0 radical (unpaired) electrons. The molecule has 1 fully saturated rings. The lowest BCUT2D eigenvalue weighted by Crippen LogP contribution is -2.65. The van der Waals surface area contributed by atoms with Crippen molar-refractivity contribution in [2.45, 2.75) is 186 Å². The van der Waals surface area contributed by atoms with Crippen molar-refractivity contribution in [1.29, 1.82) is 0 Å². The first-order valence-electron chi connectivity index (χ1n) is 29.1. The van der Waals surface area contributed by atoms with Crippen molar-refractivity contribution in [3.63, 3.8) is 0 Å². The molecular weight excluding hydrogens is 934 g/mol. The number of hydrogen-bond donors (Lipinski definition) is 0. The Balaban J connectivity index is 1.21. The van der Waals surface area contributed by atoms with Gasteiger partial charge in [0.2, 0.25) is 0 Å². The van der Waals surface area contributed by atoms with E-state index in [0.717, 1.165) is 19.3 Å². The highest BCUT2D eigenvalue weighted by molar-refractivity contribution is 7.01. The van der Waals surface area contributed by atoms with Crippen molar-refractivity contribution in [2.24, 2.45) is 0 Å². The zero-order valence-corrected chi connectivity index (χ0v) is 49.9. The van der Waals surface area contributed by atoms with Crippen LogP contribution >= 0.6 is 0 Å². The van der Waals surface area contributed by atoms with Crippen LogP contribution < -0.4 is 36.3 Å². The van der Waals surface area contributed by atoms with Crippen LogP contribution in [0.3, 0.4) is 0 Å². The summed E-state index contributed by atoms with van der Waals surface area (Å²) in [6.45, 7) is 39.7. The molecule has 6 aliphatic rings. The van der Waals surface area contributed by atoms with Gasteiger partial charge in [0.05, 0.1) is 24.8 Å². The molecule has 5 heteroatoms. The molecule has 4 heterocycles. The van der Waals surface area contributed by atoms with Gasteiger partial charge in [-0.25, -0.2) is 0 Å². The van der Waals surface area contributed by atoms with Crippen LogP contribution in [-0.4, -0.2) is 20.3 Å². The van der Waals surface area contributed by atoms with Crippen molar-refractivity contribution < 1.29 is 0 Å². The molecule has 4 aliphatic heterocycles. The Morgan fingerprint density at radius 2 is 1.11 bits per heavy atom. The molecule has 4 atom stereocenters. The van der Waals surface area contributed by atoms with Gasteiger partial charge >= 0.3 is 0 Å². The molecule has 2 aliphatic carbocycles. The summed E-state index contributed by atoms with van der Waals surface area (Å²) in [7, 11) is -1.80. The molecule has 0 spiro atoms. The Morgan fingerprint density at radius 3 is 1.80 bits per heavy atom. The summed E-state index contributed by atoms with van der Waals surface area (Å²) in [5, 5.41) is 1.59. The summed E-state index contributed by atoms with van der Waals surface area (Å²) < 4.78 is 0. The summed E-state index contributed by atoms with van der Waals surface area (Å²) in [6, 6.07) is 54.3. The summed E-state index contributed by atoms with van der Waals surface area (Å²) in [6.07, 6.45) is 7.04. The minimum Gasteiger partial charge on any atom is -0.335 e. The molecule has 0 aromatic heterocycles. The SMILES string of the molecule is CC(C)(C)c1ccc(N2c3cc(C(C)(C)C)ccc3B3c4cc([Si](C)(C)C)cc5c4N(c4cc(N6c7ccc(C(C)(C)C)cc7C7(C)CCc8ccccc8C67C)cc2c43)C2(C)CCCCC52C)c(-c2ccccc2)c1. The number of anilines is 7. The normalized spacial score (nSPS) is 24.1. The van der Waals surface area contributed by atoms with Crippen LogP contribution in [0.25, 0.3) is 11.1 Å². The molecule has 3 nitrogen and oxygen atoms in total. The van der Waals surface area contributed by atoms with E-state index in [4.69, 9.17) is 0 Å². The van der Waals surface area contributed by atoms with Gasteiger partial charge in [-0.15, -0.1) is 0 Å². The molecule has 7 aromatic rings. The first-order chi connectivity index (χ1) is 35.7. The van der Waals surface area contributed by atoms with Gasteiger partial charge in [0.25, 0.3) is 6.71 Å². The maximum absolute atomic E-state index is 2.98. The molecule has 13 rings (SSSR count). The number of hydrogen-bond acceptors (Lipinski definition) is 3. The highest BCUT2D eigenvalue weighted by Crippen LogP contribution is 2.66. The van der Waals surface area contributed by atoms with Crippen LogP contribution in [-0.2, 0) is 39.0 Å². The van der Waals surface area contributed by atoms with Crippen LogP contribution in [0.2, 0.25) is 19.6 Å². The van der Waals surface area contributed by atoms with E-state index in [1.807, 2.05) is 0 Å². The van der Waals surface area contributed by atoms with E-state index >= 15 is 0 Å². The van der Waals surface area contributed by atoms with Crippen molar-refractivity contribution in [3.8, 4) is 11.1 Å². The highest BCUT2D eigenvalue weighted by atomic mass is 28.3. The second-order valence-electron chi connectivity index (χ2n) is 29.3. The van der Waals surface area contributed by atoms with E-state index in [1.165, 1.54) is 120 Å². The predicted octanol–water partition coefficient (Wildman–Crippen LogP) is 16.4. The summed E-state index contributed by atoms with van der Waals surface area (Å²) in [5.41, 5.74) is 25.7. The number of fused-ring (bicyclic) bond motifs is 12. The maximum atomic E-state index is 2.98. The fourth-order valence-electron chi connectivity index (χ4n) is 15.8. The van der Waals surface area contributed by atoms with E-state index in [1.54, 1.807) is 10.8 Å². The van der Waals surface area contributed by atoms with Gasteiger partial charge in [-0.05, 0) is 153 Å². The molecule has 0 amide bonds. The van der Waals surface area contributed by atoms with Gasteiger partial charge < -0.3 is 14.7 Å². The molecule has 7 aromatic carbocycles. The Kier molecular flexibility index (Phi) is 10.4. The molecule has 76 heavy (non-hydrogen) atoms. The number of rotatable bonds is 4.